The monoisotopic (exact) mass is 297 g/mol. The van der Waals surface area contributed by atoms with E-state index in [1.807, 2.05) is 0 Å². The van der Waals surface area contributed by atoms with Crippen LogP contribution in [-0.4, -0.2) is 42.2 Å². The summed E-state index contributed by atoms with van der Waals surface area (Å²) < 4.78 is 12.5. The molecule has 0 spiro atoms. The van der Waals surface area contributed by atoms with Gasteiger partial charge < -0.3 is 14.8 Å². The summed E-state index contributed by atoms with van der Waals surface area (Å²) in [6.07, 6.45) is 0.970. The topological polar surface area (TPSA) is 48.3 Å². The molecule has 0 bridgehead atoms. The van der Waals surface area contributed by atoms with Gasteiger partial charge in [0.1, 0.15) is 0 Å². The molecule has 5 nitrogen and oxygen atoms in total. The Labute approximate surface area is 129 Å². The van der Waals surface area contributed by atoms with Crippen LogP contribution in [0, 0.1) is 13.8 Å². The van der Waals surface area contributed by atoms with Crippen LogP contribution in [0.1, 0.15) is 44.1 Å². The molecule has 0 unspecified atom stereocenters. The molecular formula is C16H31N3O2. The Morgan fingerprint density at radius 2 is 1.86 bits per heavy atom. The lowest BCUT2D eigenvalue weighted by Crippen LogP contribution is -2.35. The van der Waals surface area contributed by atoms with Crippen molar-refractivity contribution in [2.45, 2.75) is 59.7 Å². The molecule has 0 aliphatic heterocycles. The van der Waals surface area contributed by atoms with Crippen molar-refractivity contribution in [2.75, 3.05) is 26.9 Å². The van der Waals surface area contributed by atoms with Crippen LogP contribution in [0.25, 0.3) is 0 Å². The van der Waals surface area contributed by atoms with Crippen molar-refractivity contribution < 1.29 is 9.47 Å². The van der Waals surface area contributed by atoms with Crippen molar-refractivity contribution in [2.24, 2.45) is 0 Å². The number of aromatic nitrogens is 2. The number of aryl methyl sites for hydroxylation is 2. The van der Waals surface area contributed by atoms with E-state index in [1.165, 1.54) is 11.3 Å². The van der Waals surface area contributed by atoms with Gasteiger partial charge in [0.2, 0.25) is 0 Å². The van der Waals surface area contributed by atoms with Crippen LogP contribution in [0.3, 0.4) is 0 Å². The number of hydrogen-bond acceptors (Lipinski definition) is 4. The molecule has 1 aromatic heterocycles. The Hall–Kier alpha value is -0.910. The summed E-state index contributed by atoms with van der Waals surface area (Å²) in [6.45, 7) is 14.6. The van der Waals surface area contributed by atoms with E-state index < -0.39 is 0 Å². The van der Waals surface area contributed by atoms with Gasteiger partial charge in [0.25, 0.3) is 0 Å². The fraction of sp³-hybridized carbons (Fsp3) is 0.812. The van der Waals surface area contributed by atoms with Gasteiger partial charge in [0.15, 0.2) is 0 Å². The van der Waals surface area contributed by atoms with E-state index in [9.17, 15) is 0 Å². The number of hydrogen-bond donors (Lipinski definition) is 1. The van der Waals surface area contributed by atoms with Gasteiger partial charge in [-0.05, 0) is 41.0 Å². The molecule has 21 heavy (non-hydrogen) atoms. The van der Waals surface area contributed by atoms with Gasteiger partial charge in [0.05, 0.1) is 18.9 Å². The zero-order chi connectivity index (χ0) is 15.9. The minimum atomic E-state index is 0.121. The maximum Gasteiger partial charge on any atom is 0.0700 e. The Bertz CT molecular complexity index is 422. The lowest BCUT2D eigenvalue weighted by molar-refractivity contribution is 0.0676. The molecule has 0 atom stereocenters. The zero-order valence-corrected chi connectivity index (χ0v) is 14.5. The smallest absolute Gasteiger partial charge is 0.0700 e. The summed E-state index contributed by atoms with van der Waals surface area (Å²) in [7, 11) is 1.69. The maximum absolute atomic E-state index is 5.49. The highest BCUT2D eigenvalue weighted by atomic mass is 16.5. The lowest BCUT2D eigenvalue weighted by atomic mass is 10.1. The maximum atomic E-state index is 5.49. The number of nitrogens with one attached hydrogen (secondary N) is 1. The highest BCUT2D eigenvalue weighted by molar-refractivity contribution is 5.24. The first-order valence-corrected chi connectivity index (χ1v) is 7.69. The molecule has 1 rings (SSSR count). The third-order valence-electron chi connectivity index (χ3n) is 3.42. The SMILES string of the molecule is COCCOCCCn1nc(C)c(CNC(C)(C)C)c1C. The van der Waals surface area contributed by atoms with Gasteiger partial charge in [-0.15, -0.1) is 0 Å². The molecular weight excluding hydrogens is 266 g/mol. The predicted molar refractivity (Wildman–Crippen MR) is 85.6 cm³/mol. The number of nitrogens with zero attached hydrogens (tertiary/aromatic N) is 2. The normalized spacial score (nSPS) is 12.1. The minimum Gasteiger partial charge on any atom is -0.382 e. The fourth-order valence-electron chi connectivity index (χ4n) is 2.12. The first kappa shape index (κ1) is 18.1. The molecule has 1 heterocycles. The summed E-state index contributed by atoms with van der Waals surface area (Å²) in [4.78, 5) is 0. The van der Waals surface area contributed by atoms with Crippen LogP contribution in [0.5, 0.6) is 0 Å². The molecule has 0 radical (unpaired) electrons. The first-order chi connectivity index (χ1) is 9.85. The molecule has 0 amide bonds. The van der Waals surface area contributed by atoms with Crippen molar-refractivity contribution in [3.05, 3.63) is 17.0 Å². The number of ether oxygens (including phenoxy) is 2. The highest BCUT2D eigenvalue weighted by Crippen LogP contribution is 2.14. The fourth-order valence-corrected chi connectivity index (χ4v) is 2.12. The van der Waals surface area contributed by atoms with Crippen molar-refractivity contribution in [3.63, 3.8) is 0 Å². The van der Waals surface area contributed by atoms with E-state index in [4.69, 9.17) is 9.47 Å². The molecule has 0 aliphatic rings. The van der Waals surface area contributed by atoms with Gasteiger partial charge in [-0.25, -0.2) is 0 Å². The first-order valence-electron chi connectivity index (χ1n) is 7.69. The molecule has 1 aromatic rings. The van der Waals surface area contributed by atoms with Crippen LogP contribution in [0.15, 0.2) is 0 Å². The van der Waals surface area contributed by atoms with Gasteiger partial charge >= 0.3 is 0 Å². The van der Waals surface area contributed by atoms with E-state index in [0.717, 1.165) is 31.8 Å². The average Bonchev–Trinajstić information content (AvgIpc) is 2.65. The second-order valence-electron chi connectivity index (χ2n) is 6.43. The highest BCUT2D eigenvalue weighted by Gasteiger charge is 2.14. The quantitative estimate of drug-likeness (QED) is 0.711. The lowest BCUT2D eigenvalue weighted by Gasteiger charge is -2.20. The molecule has 0 saturated carbocycles. The van der Waals surface area contributed by atoms with Crippen LogP contribution in [0.2, 0.25) is 0 Å². The second kappa shape index (κ2) is 8.51. The van der Waals surface area contributed by atoms with Crippen LogP contribution in [-0.2, 0) is 22.6 Å². The van der Waals surface area contributed by atoms with Crippen molar-refractivity contribution in [1.82, 2.24) is 15.1 Å². The average molecular weight is 297 g/mol. The third kappa shape index (κ3) is 6.59. The second-order valence-corrected chi connectivity index (χ2v) is 6.43. The molecule has 0 aliphatic carbocycles. The van der Waals surface area contributed by atoms with Gasteiger partial charge in [-0.2, -0.15) is 5.10 Å². The molecule has 0 saturated heterocycles. The Morgan fingerprint density at radius 1 is 1.14 bits per heavy atom. The van der Waals surface area contributed by atoms with E-state index in [-0.39, 0.29) is 5.54 Å². The van der Waals surface area contributed by atoms with Gasteiger partial charge in [-0.3, -0.25) is 4.68 Å². The zero-order valence-electron chi connectivity index (χ0n) is 14.5. The van der Waals surface area contributed by atoms with Crippen LogP contribution >= 0.6 is 0 Å². The van der Waals surface area contributed by atoms with Crippen LogP contribution < -0.4 is 5.32 Å². The summed E-state index contributed by atoms with van der Waals surface area (Å²) in [5, 5.41) is 8.17. The molecule has 1 N–H and O–H groups in total. The van der Waals surface area contributed by atoms with E-state index in [1.54, 1.807) is 7.11 Å². The van der Waals surface area contributed by atoms with Crippen molar-refractivity contribution in [1.29, 1.82) is 0 Å². The number of methoxy groups -OCH3 is 1. The number of rotatable bonds is 9. The standard InChI is InChI=1S/C16H31N3O2/c1-13-15(12-17-16(3,4)5)14(2)19(18-13)8-7-9-21-11-10-20-6/h17H,7-12H2,1-6H3. The minimum absolute atomic E-state index is 0.121. The predicted octanol–water partition coefficient (Wildman–Crippen LogP) is 2.44. The van der Waals surface area contributed by atoms with Gasteiger partial charge in [-0.1, -0.05) is 0 Å². The summed E-state index contributed by atoms with van der Waals surface area (Å²) >= 11 is 0. The largest absolute Gasteiger partial charge is 0.382 e. The molecule has 0 aromatic carbocycles. The van der Waals surface area contributed by atoms with Crippen molar-refractivity contribution >= 4 is 0 Å². The Balaban J connectivity index is 2.45. The molecule has 0 fully saturated rings. The van der Waals surface area contributed by atoms with E-state index in [0.29, 0.717) is 13.2 Å². The van der Waals surface area contributed by atoms with E-state index in [2.05, 4.69) is 49.7 Å². The molecule has 5 heteroatoms. The van der Waals surface area contributed by atoms with Gasteiger partial charge in [0, 0.05) is 43.6 Å². The van der Waals surface area contributed by atoms with Crippen LogP contribution in [0.4, 0.5) is 0 Å². The molecule has 122 valence electrons. The Kier molecular flexibility index (Phi) is 7.35. The summed E-state index contributed by atoms with van der Waals surface area (Å²) in [5.41, 5.74) is 3.80. The van der Waals surface area contributed by atoms with Crippen molar-refractivity contribution in [3.8, 4) is 0 Å². The Morgan fingerprint density at radius 3 is 2.48 bits per heavy atom. The summed E-state index contributed by atoms with van der Waals surface area (Å²) in [6, 6.07) is 0. The summed E-state index contributed by atoms with van der Waals surface area (Å²) in [5.74, 6) is 0. The van der Waals surface area contributed by atoms with E-state index >= 15 is 0 Å². The third-order valence-corrected chi connectivity index (χ3v) is 3.42.